The third-order valence-electron chi connectivity index (χ3n) is 2.73. The largest absolute Gasteiger partial charge is 0.462 e. The Bertz CT molecular complexity index is 541. The molecule has 1 aromatic heterocycles. The van der Waals surface area contributed by atoms with E-state index in [0.29, 0.717) is 12.0 Å². The van der Waals surface area contributed by atoms with E-state index in [1.165, 1.54) is 0 Å². The standard InChI is InChI=1S/C15H22N4O/c1-4-5-10-16-15(20-11(2)3)19-14-17-12-8-6-7-9-13(12)18-14/h6-9,11H,4-5,10H2,1-3H3,(H2,16,17,18,19). The van der Waals surface area contributed by atoms with Crippen molar-refractivity contribution in [1.82, 2.24) is 9.97 Å². The molecule has 2 aromatic rings. The number of aromatic nitrogens is 2. The highest BCUT2D eigenvalue weighted by atomic mass is 16.5. The lowest BCUT2D eigenvalue weighted by molar-refractivity contribution is 0.226. The first kappa shape index (κ1) is 14.4. The number of fused-ring (bicyclic) bond motifs is 1. The SMILES string of the molecule is CCCCN=C(Nc1nc2ccccc2[nH]1)OC(C)C. The highest BCUT2D eigenvalue weighted by molar-refractivity contribution is 5.89. The fourth-order valence-electron chi connectivity index (χ4n) is 1.78. The minimum absolute atomic E-state index is 0.0762. The van der Waals surface area contributed by atoms with Crippen molar-refractivity contribution in [2.75, 3.05) is 11.9 Å². The molecule has 0 amide bonds. The summed E-state index contributed by atoms with van der Waals surface area (Å²) in [4.78, 5) is 12.1. The zero-order valence-corrected chi connectivity index (χ0v) is 12.3. The van der Waals surface area contributed by atoms with E-state index in [2.05, 4.69) is 27.2 Å². The van der Waals surface area contributed by atoms with Crippen molar-refractivity contribution in [3.8, 4) is 0 Å². The van der Waals surface area contributed by atoms with Gasteiger partial charge in [0, 0.05) is 6.54 Å². The summed E-state index contributed by atoms with van der Waals surface area (Å²) in [5.74, 6) is 0.655. The van der Waals surface area contributed by atoms with E-state index in [4.69, 9.17) is 4.74 Å². The second-order valence-corrected chi connectivity index (χ2v) is 4.93. The molecular weight excluding hydrogens is 252 g/mol. The molecule has 1 aromatic carbocycles. The molecule has 0 unspecified atom stereocenters. The van der Waals surface area contributed by atoms with Crippen LogP contribution < -0.4 is 5.32 Å². The topological polar surface area (TPSA) is 62.3 Å². The van der Waals surface area contributed by atoms with Gasteiger partial charge >= 0.3 is 0 Å². The fraction of sp³-hybridized carbons (Fsp3) is 0.467. The molecule has 0 aliphatic carbocycles. The first-order valence-corrected chi connectivity index (χ1v) is 7.12. The number of ether oxygens (including phenoxy) is 1. The summed E-state index contributed by atoms with van der Waals surface area (Å²) in [7, 11) is 0. The van der Waals surface area contributed by atoms with Crippen LogP contribution in [0.3, 0.4) is 0 Å². The third kappa shape index (κ3) is 3.98. The molecule has 1 heterocycles. The van der Waals surface area contributed by atoms with Crippen molar-refractivity contribution in [2.45, 2.75) is 39.7 Å². The first-order chi connectivity index (χ1) is 9.69. The van der Waals surface area contributed by atoms with Crippen molar-refractivity contribution in [2.24, 2.45) is 4.99 Å². The van der Waals surface area contributed by atoms with Crippen LogP contribution in [0.15, 0.2) is 29.3 Å². The zero-order valence-electron chi connectivity index (χ0n) is 12.3. The smallest absolute Gasteiger partial charge is 0.291 e. The van der Waals surface area contributed by atoms with E-state index in [0.717, 1.165) is 30.4 Å². The average Bonchev–Trinajstić information content (AvgIpc) is 2.80. The highest BCUT2D eigenvalue weighted by Gasteiger charge is 2.07. The molecule has 0 aliphatic heterocycles. The lowest BCUT2D eigenvalue weighted by atomic mass is 10.3. The number of H-pyrrole nitrogens is 1. The summed E-state index contributed by atoms with van der Waals surface area (Å²) in [5.41, 5.74) is 1.92. The van der Waals surface area contributed by atoms with E-state index in [9.17, 15) is 0 Å². The Labute approximate surface area is 119 Å². The number of anilines is 1. The number of imidazole rings is 1. The van der Waals surface area contributed by atoms with Gasteiger partial charge in [0.05, 0.1) is 17.1 Å². The molecule has 0 radical (unpaired) electrons. The highest BCUT2D eigenvalue weighted by Crippen LogP contribution is 2.13. The lowest BCUT2D eigenvalue weighted by Gasteiger charge is -2.12. The molecule has 0 fully saturated rings. The van der Waals surface area contributed by atoms with E-state index >= 15 is 0 Å². The van der Waals surface area contributed by atoms with Gasteiger partial charge in [-0.25, -0.2) is 9.98 Å². The predicted molar refractivity (Wildman–Crippen MR) is 83.1 cm³/mol. The number of hydrogen-bond acceptors (Lipinski definition) is 3. The van der Waals surface area contributed by atoms with Crippen molar-refractivity contribution >= 4 is 23.0 Å². The van der Waals surface area contributed by atoms with Crippen LogP contribution in [0.5, 0.6) is 0 Å². The van der Waals surface area contributed by atoms with Crippen LogP contribution >= 0.6 is 0 Å². The number of benzene rings is 1. The fourth-order valence-corrected chi connectivity index (χ4v) is 1.78. The summed E-state index contributed by atoms with van der Waals surface area (Å²) in [6.45, 7) is 6.86. The summed E-state index contributed by atoms with van der Waals surface area (Å²) >= 11 is 0. The van der Waals surface area contributed by atoms with Gasteiger partial charge in [0.2, 0.25) is 5.95 Å². The Kier molecular flexibility index (Phi) is 4.98. The Morgan fingerprint density at radius 1 is 1.40 bits per heavy atom. The van der Waals surface area contributed by atoms with Gasteiger partial charge < -0.3 is 9.72 Å². The predicted octanol–water partition coefficient (Wildman–Crippen LogP) is 3.56. The van der Waals surface area contributed by atoms with Crippen LogP contribution in [0.25, 0.3) is 11.0 Å². The lowest BCUT2D eigenvalue weighted by Crippen LogP contribution is -2.21. The quantitative estimate of drug-likeness (QED) is 0.498. The molecule has 0 bridgehead atoms. The Morgan fingerprint density at radius 3 is 2.90 bits per heavy atom. The third-order valence-corrected chi connectivity index (χ3v) is 2.73. The second kappa shape index (κ2) is 6.93. The van der Waals surface area contributed by atoms with Gasteiger partial charge in [0.15, 0.2) is 0 Å². The van der Waals surface area contributed by atoms with E-state index in [1.54, 1.807) is 0 Å². The van der Waals surface area contributed by atoms with Crippen molar-refractivity contribution in [1.29, 1.82) is 0 Å². The van der Waals surface area contributed by atoms with Crippen LogP contribution in [-0.2, 0) is 4.74 Å². The molecule has 2 rings (SSSR count). The van der Waals surface area contributed by atoms with Gasteiger partial charge in [-0.05, 0) is 32.4 Å². The van der Waals surface area contributed by atoms with Crippen molar-refractivity contribution < 1.29 is 4.74 Å². The minimum Gasteiger partial charge on any atom is -0.462 e. The zero-order chi connectivity index (χ0) is 14.4. The molecule has 5 nitrogen and oxygen atoms in total. The number of nitrogens with one attached hydrogen (secondary N) is 2. The van der Waals surface area contributed by atoms with Crippen LogP contribution in [0.2, 0.25) is 0 Å². The molecule has 0 spiro atoms. The summed E-state index contributed by atoms with van der Waals surface area (Å²) in [6.07, 6.45) is 2.24. The molecule has 5 heteroatoms. The van der Waals surface area contributed by atoms with Crippen molar-refractivity contribution in [3.05, 3.63) is 24.3 Å². The maximum atomic E-state index is 5.68. The number of amidine groups is 1. The number of para-hydroxylation sites is 2. The summed E-state index contributed by atoms with van der Waals surface area (Å²) in [6, 6.07) is 8.42. The van der Waals surface area contributed by atoms with Gasteiger partial charge in [-0.2, -0.15) is 0 Å². The maximum Gasteiger partial charge on any atom is 0.291 e. The van der Waals surface area contributed by atoms with E-state index in [-0.39, 0.29) is 6.10 Å². The number of hydrogen-bond donors (Lipinski definition) is 2. The maximum absolute atomic E-state index is 5.68. The monoisotopic (exact) mass is 274 g/mol. The Hall–Kier alpha value is -2.04. The number of nitrogens with zero attached hydrogens (tertiary/aromatic N) is 2. The molecular formula is C15H22N4O. The molecule has 108 valence electrons. The molecule has 0 saturated carbocycles. The molecule has 0 aliphatic rings. The van der Waals surface area contributed by atoms with Crippen LogP contribution in [0.1, 0.15) is 33.6 Å². The van der Waals surface area contributed by atoms with Crippen LogP contribution in [0, 0.1) is 0 Å². The van der Waals surface area contributed by atoms with Gasteiger partial charge in [-0.3, -0.25) is 5.32 Å². The first-order valence-electron chi connectivity index (χ1n) is 7.12. The van der Waals surface area contributed by atoms with Gasteiger partial charge in [-0.1, -0.05) is 25.5 Å². The number of unbranched alkanes of at least 4 members (excludes halogenated alkanes) is 1. The number of aliphatic imine (C=N–C) groups is 1. The average molecular weight is 274 g/mol. The Balaban J connectivity index is 2.11. The summed E-state index contributed by atoms with van der Waals surface area (Å²) < 4.78 is 5.68. The van der Waals surface area contributed by atoms with Crippen LogP contribution in [0.4, 0.5) is 5.95 Å². The second-order valence-electron chi connectivity index (χ2n) is 4.93. The molecule has 0 saturated heterocycles. The van der Waals surface area contributed by atoms with E-state index in [1.807, 2.05) is 38.1 Å². The summed E-state index contributed by atoms with van der Waals surface area (Å²) in [5, 5.41) is 3.12. The number of aromatic amines is 1. The van der Waals surface area contributed by atoms with Gasteiger partial charge in [0.1, 0.15) is 0 Å². The van der Waals surface area contributed by atoms with Gasteiger partial charge in [-0.15, -0.1) is 0 Å². The molecule has 0 atom stereocenters. The van der Waals surface area contributed by atoms with Gasteiger partial charge in [0.25, 0.3) is 6.02 Å². The van der Waals surface area contributed by atoms with Crippen molar-refractivity contribution in [3.63, 3.8) is 0 Å². The Morgan fingerprint density at radius 2 is 2.20 bits per heavy atom. The van der Waals surface area contributed by atoms with Crippen LogP contribution in [-0.4, -0.2) is 28.6 Å². The van der Waals surface area contributed by atoms with E-state index < -0.39 is 0 Å². The number of rotatable bonds is 5. The normalized spacial score (nSPS) is 12.1. The molecule has 2 N–H and O–H groups in total. The minimum atomic E-state index is 0.0762. The molecule has 20 heavy (non-hydrogen) atoms.